The van der Waals surface area contributed by atoms with Crippen molar-refractivity contribution in [1.82, 2.24) is 4.90 Å². The van der Waals surface area contributed by atoms with Crippen LogP contribution in [0.5, 0.6) is 0 Å². The fourth-order valence-electron chi connectivity index (χ4n) is 3.99. The molecule has 3 aliphatic rings. The average Bonchev–Trinajstić information content (AvgIpc) is 2.98. The minimum absolute atomic E-state index is 0.184. The first-order valence-electron chi connectivity index (χ1n) is 9.33. The number of ether oxygens (including phenoxy) is 2. The van der Waals surface area contributed by atoms with Crippen molar-refractivity contribution in [3.8, 4) is 0 Å². The molecule has 0 bridgehead atoms. The zero-order valence-corrected chi connectivity index (χ0v) is 21.8. The normalized spacial score (nSPS) is 31.8. The van der Waals surface area contributed by atoms with E-state index in [1.165, 1.54) is 11.0 Å². The highest BCUT2D eigenvalue weighted by atomic mass is 35.6. The predicted octanol–water partition coefficient (Wildman–Crippen LogP) is 6.89. The van der Waals surface area contributed by atoms with E-state index in [0.717, 1.165) is 25.3 Å². The zero-order valence-electron chi connectivity index (χ0n) is 15.8. The number of nitrogens with zero attached hydrogens (tertiary/aromatic N) is 1. The van der Waals surface area contributed by atoms with E-state index in [0.29, 0.717) is 12.8 Å². The molecule has 0 aromatic heterocycles. The summed E-state index contributed by atoms with van der Waals surface area (Å²) in [5.74, 6) is -3.57. The van der Waals surface area contributed by atoms with Gasteiger partial charge in [0.15, 0.2) is 12.5 Å². The van der Waals surface area contributed by atoms with E-state index >= 15 is 0 Å². The van der Waals surface area contributed by atoms with Gasteiger partial charge in [-0.2, -0.15) is 0 Å². The molecule has 174 valence electrons. The van der Waals surface area contributed by atoms with Crippen LogP contribution in [0.25, 0.3) is 0 Å². The Bertz CT molecular complexity index is 814. The summed E-state index contributed by atoms with van der Waals surface area (Å²) < 4.78 is 7.71. The third-order valence-corrected chi connectivity index (χ3v) is 6.74. The number of esters is 1. The van der Waals surface area contributed by atoms with Crippen LogP contribution in [0.2, 0.25) is 0 Å². The minimum atomic E-state index is -2.04. The third kappa shape index (κ3) is 5.79. The molecular weight excluding hydrogens is 578 g/mol. The maximum absolute atomic E-state index is 13.9. The van der Waals surface area contributed by atoms with Gasteiger partial charge in [-0.15, -0.1) is 0 Å². The number of rotatable bonds is 3. The quantitative estimate of drug-likeness (QED) is 0.264. The van der Waals surface area contributed by atoms with Crippen molar-refractivity contribution in [2.45, 2.75) is 69.4 Å². The molecule has 2 heterocycles. The van der Waals surface area contributed by atoms with E-state index in [-0.39, 0.29) is 23.3 Å². The SMILES string of the molecule is O=C1C=CC2(O1)O/C(=C(/Cl)CC(Cl)(Cl)Cl)C(Cl)(CC(Cl)(Cl)Cl)C(=O)N2C1CCCCC1. The van der Waals surface area contributed by atoms with Crippen LogP contribution in [-0.4, -0.2) is 41.2 Å². The Kier molecular flexibility index (Phi) is 7.84. The third-order valence-electron chi connectivity index (χ3n) is 5.16. The molecule has 0 radical (unpaired) electrons. The maximum Gasteiger partial charge on any atom is 0.365 e. The number of hydrogen-bond donors (Lipinski definition) is 0. The van der Waals surface area contributed by atoms with Crippen LogP contribution in [0.3, 0.4) is 0 Å². The van der Waals surface area contributed by atoms with Crippen molar-refractivity contribution < 1.29 is 19.1 Å². The summed E-state index contributed by atoms with van der Waals surface area (Å²) in [6.45, 7) is 0. The number of amides is 1. The Morgan fingerprint density at radius 2 is 1.65 bits per heavy atom. The number of carbonyl (C=O) groups excluding carboxylic acids is 2. The van der Waals surface area contributed by atoms with E-state index in [1.807, 2.05) is 0 Å². The Morgan fingerprint density at radius 1 is 1.03 bits per heavy atom. The molecule has 0 aromatic rings. The molecule has 3 rings (SSSR count). The molecule has 2 atom stereocenters. The van der Waals surface area contributed by atoms with Gasteiger partial charge in [0.1, 0.15) is 5.76 Å². The molecule has 13 heteroatoms. The highest BCUT2D eigenvalue weighted by molar-refractivity contribution is 6.68. The van der Waals surface area contributed by atoms with Gasteiger partial charge in [0.05, 0.1) is 5.03 Å². The van der Waals surface area contributed by atoms with E-state index in [2.05, 4.69) is 0 Å². The van der Waals surface area contributed by atoms with Gasteiger partial charge in [0.2, 0.25) is 0 Å². The summed E-state index contributed by atoms with van der Waals surface area (Å²) in [7, 11) is 0. The van der Waals surface area contributed by atoms with Gasteiger partial charge < -0.3 is 9.47 Å². The van der Waals surface area contributed by atoms with Gasteiger partial charge in [-0.1, -0.05) is 112 Å². The molecule has 1 saturated carbocycles. The van der Waals surface area contributed by atoms with Crippen molar-refractivity contribution >= 4 is 105 Å². The van der Waals surface area contributed by atoms with Crippen LogP contribution in [0.1, 0.15) is 44.9 Å². The van der Waals surface area contributed by atoms with E-state index in [9.17, 15) is 9.59 Å². The smallest absolute Gasteiger partial charge is 0.365 e. The molecular formula is C18H17Cl8NO4. The Hall–Kier alpha value is 0.540. The molecule has 1 spiro atoms. The number of alkyl halides is 7. The number of carbonyl (C=O) groups is 2. The Balaban J connectivity index is 2.16. The first kappa shape index (κ1) is 26.2. The number of halogens is 8. The van der Waals surface area contributed by atoms with E-state index in [4.69, 9.17) is 102 Å². The standard InChI is InChI=1S/C18H17Cl8NO4/c19-11(8-16(21,22)23)13-15(20,9-17(24,25)26)14(29)27(10-4-2-1-3-5-10)18(31-13)7-6-12(28)30-18/h6-7,10H,1-5,8-9H2/b13-11+. The van der Waals surface area contributed by atoms with Gasteiger partial charge >= 0.3 is 11.9 Å². The van der Waals surface area contributed by atoms with Crippen LogP contribution >= 0.6 is 92.8 Å². The number of allylic oxidation sites excluding steroid dienone is 1. The lowest BCUT2D eigenvalue weighted by molar-refractivity contribution is -0.269. The second kappa shape index (κ2) is 9.30. The van der Waals surface area contributed by atoms with Crippen LogP contribution < -0.4 is 0 Å². The first-order chi connectivity index (χ1) is 14.2. The zero-order chi connectivity index (χ0) is 23.2. The molecule has 0 N–H and O–H groups in total. The maximum atomic E-state index is 13.9. The molecule has 2 aliphatic heterocycles. The summed E-state index contributed by atoms with van der Waals surface area (Å²) in [5.41, 5.74) is 0. The first-order valence-corrected chi connectivity index (χ1v) is 12.4. The Morgan fingerprint density at radius 3 is 2.13 bits per heavy atom. The summed E-state index contributed by atoms with van der Waals surface area (Å²) in [6, 6.07) is -0.321. The fraction of sp³-hybridized carbons (Fsp3) is 0.667. The van der Waals surface area contributed by atoms with Crippen molar-refractivity contribution in [2.75, 3.05) is 0 Å². The molecule has 2 fully saturated rings. The van der Waals surface area contributed by atoms with Crippen LogP contribution in [0, 0.1) is 0 Å². The highest BCUT2D eigenvalue weighted by Crippen LogP contribution is 2.53. The van der Waals surface area contributed by atoms with Gasteiger partial charge in [-0.25, -0.2) is 4.79 Å². The van der Waals surface area contributed by atoms with Crippen molar-refractivity contribution in [3.63, 3.8) is 0 Å². The Labute approximate surface area is 219 Å². The summed E-state index contributed by atoms with van der Waals surface area (Å²) in [5, 5.41) is -0.184. The summed E-state index contributed by atoms with van der Waals surface area (Å²) >= 11 is 48.9. The van der Waals surface area contributed by atoms with Crippen LogP contribution in [-0.2, 0) is 19.1 Å². The fourth-order valence-corrected chi connectivity index (χ4v) is 6.30. The molecule has 0 aromatic carbocycles. The summed E-state index contributed by atoms with van der Waals surface area (Å²) in [6.07, 6.45) is 5.71. The highest BCUT2D eigenvalue weighted by Gasteiger charge is 2.64. The van der Waals surface area contributed by atoms with Crippen LogP contribution in [0.15, 0.2) is 22.9 Å². The lowest BCUT2D eigenvalue weighted by Gasteiger charge is -2.52. The van der Waals surface area contributed by atoms with Gasteiger partial charge in [0.25, 0.3) is 5.91 Å². The van der Waals surface area contributed by atoms with E-state index < -0.39 is 36.7 Å². The molecule has 2 unspecified atom stereocenters. The molecule has 5 nitrogen and oxygen atoms in total. The predicted molar refractivity (Wildman–Crippen MR) is 124 cm³/mol. The largest absolute Gasteiger partial charge is 0.433 e. The molecule has 1 amide bonds. The summed E-state index contributed by atoms with van der Waals surface area (Å²) in [4.78, 5) is 25.2. The van der Waals surface area contributed by atoms with Crippen molar-refractivity contribution in [2.24, 2.45) is 0 Å². The van der Waals surface area contributed by atoms with Crippen molar-refractivity contribution in [1.29, 1.82) is 0 Å². The molecule has 31 heavy (non-hydrogen) atoms. The minimum Gasteiger partial charge on any atom is -0.433 e. The lowest BCUT2D eigenvalue weighted by atomic mass is 9.89. The van der Waals surface area contributed by atoms with Gasteiger partial charge in [-0.3, -0.25) is 9.69 Å². The topological polar surface area (TPSA) is 55.8 Å². The average molecular weight is 595 g/mol. The van der Waals surface area contributed by atoms with Crippen molar-refractivity contribution in [3.05, 3.63) is 22.9 Å². The van der Waals surface area contributed by atoms with E-state index in [1.54, 1.807) is 0 Å². The van der Waals surface area contributed by atoms with Crippen LogP contribution in [0.4, 0.5) is 0 Å². The van der Waals surface area contributed by atoms with Gasteiger partial charge in [-0.05, 0) is 12.8 Å². The number of hydrogen-bond acceptors (Lipinski definition) is 4. The lowest BCUT2D eigenvalue weighted by Crippen LogP contribution is -2.68. The second-order valence-corrected chi connectivity index (χ2v) is 13.7. The molecule has 1 saturated heterocycles. The monoisotopic (exact) mass is 591 g/mol. The molecule has 1 aliphatic carbocycles. The van der Waals surface area contributed by atoms with Gasteiger partial charge in [0, 0.05) is 31.0 Å². The second-order valence-electron chi connectivity index (χ2n) is 7.57.